The molecule has 1 aromatic rings. The molecule has 0 saturated heterocycles. The summed E-state index contributed by atoms with van der Waals surface area (Å²) in [6.45, 7) is 1.53. The zero-order valence-corrected chi connectivity index (χ0v) is 11.8. The molecule has 1 heterocycles. The van der Waals surface area contributed by atoms with E-state index in [2.05, 4.69) is 5.32 Å². The zero-order valence-electron chi connectivity index (χ0n) is 11.1. The normalized spacial score (nSPS) is 18.5. The molecule has 0 radical (unpaired) electrons. The standard InChI is InChI=1S/C14H13ClN2O4/c1-6-9(13(18)19)10(7-3-2-4-8(15)5-7)11(14(20)21)12(16)17-6/h2-5,10,17H,16H2,1H3,(H,18,19)(H,20,21). The lowest BCUT2D eigenvalue weighted by atomic mass is 9.81. The number of allylic oxidation sites excluding steroid dienone is 1. The highest BCUT2D eigenvalue weighted by molar-refractivity contribution is 6.30. The lowest BCUT2D eigenvalue weighted by Gasteiger charge is -2.28. The predicted octanol–water partition coefficient (Wildman–Crippen LogP) is 1.64. The molecule has 0 amide bonds. The van der Waals surface area contributed by atoms with Gasteiger partial charge in [0.25, 0.3) is 0 Å². The van der Waals surface area contributed by atoms with Crippen molar-refractivity contribution in [2.45, 2.75) is 12.8 Å². The maximum atomic E-state index is 11.5. The molecule has 0 saturated carbocycles. The first-order chi connectivity index (χ1) is 9.82. The molecule has 5 N–H and O–H groups in total. The molecule has 0 aliphatic carbocycles. The molecule has 1 aliphatic rings. The fourth-order valence-corrected chi connectivity index (χ4v) is 2.59. The van der Waals surface area contributed by atoms with Crippen molar-refractivity contribution in [3.63, 3.8) is 0 Å². The van der Waals surface area contributed by atoms with Crippen LogP contribution < -0.4 is 11.1 Å². The Hall–Kier alpha value is -2.47. The highest BCUT2D eigenvalue weighted by Gasteiger charge is 2.37. The van der Waals surface area contributed by atoms with Gasteiger partial charge in [0, 0.05) is 10.7 Å². The van der Waals surface area contributed by atoms with Gasteiger partial charge in [-0.3, -0.25) is 0 Å². The van der Waals surface area contributed by atoms with Gasteiger partial charge in [0.15, 0.2) is 0 Å². The number of benzene rings is 1. The van der Waals surface area contributed by atoms with Crippen LogP contribution in [0.2, 0.25) is 5.02 Å². The number of hydrogen-bond acceptors (Lipinski definition) is 4. The summed E-state index contributed by atoms with van der Waals surface area (Å²) in [7, 11) is 0. The highest BCUT2D eigenvalue weighted by atomic mass is 35.5. The molecule has 0 spiro atoms. The number of carboxylic acids is 2. The predicted molar refractivity (Wildman–Crippen MR) is 76.5 cm³/mol. The number of rotatable bonds is 3. The molecule has 1 unspecified atom stereocenters. The number of nitrogens with one attached hydrogen (secondary N) is 1. The molecule has 2 rings (SSSR count). The Morgan fingerprint density at radius 2 is 1.86 bits per heavy atom. The summed E-state index contributed by atoms with van der Waals surface area (Å²) in [5.74, 6) is -3.55. The molecule has 21 heavy (non-hydrogen) atoms. The third-order valence-corrected chi connectivity index (χ3v) is 3.47. The number of carbonyl (C=O) groups is 2. The molecule has 0 fully saturated rings. The van der Waals surface area contributed by atoms with E-state index in [0.29, 0.717) is 16.3 Å². The largest absolute Gasteiger partial charge is 0.478 e. The van der Waals surface area contributed by atoms with Crippen molar-refractivity contribution in [2.75, 3.05) is 0 Å². The minimum Gasteiger partial charge on any atom is -0.478 e. The topological polar surface area (TPSA) is 113 Å². The summed E-state index contributed by atoms with van der Waals surface area (Å²) in [4.78, 5) is 23.0. The fraction of sp³-hybridized carbons (Fsp3) is 0.143. The number of hydrogen-bond donors (Lipinski definition) is 4. The SMILES string of the molecule is CC1=C(C(=O)O)C(c2cccc(Cl)c2)C(C(=O)O)=C(N)N1. The van der Waals surface area contributed by atoms with Gasteiger partial charge >= 0.3 is 11.9 Å². The molecule has 1 aromatic carbocycles. The molecule has 0 aromatic heterocycles. The van der Waals surface area contributed by atoms with Crippen molar-refractivity contribution < 1.29 is 19.8 Å². The third-order valence-electron chi connectivity index (χ3n) is 3.24. The summed E-state index contributed by atoms with van der Waals surface area (Å²) in [6.07, 6.45) is 0. The summed E-state index contributed by atoms with van der Waals surface area (Å²) in [5, 5.41) is 21.8. The maximum Gasteiger partial charge on any atom is 0.336 e. The van der Waals surface area contributed by atoms with Crippen molar-refractivity contribution in [3.8, 4) is 0 Å². The smallest absolute Gasteiger partial charge is 0.336 e. The van der Waals surface area contributed by atoms with Gasteiger partial charge < -0.3 is 21.3 Å². The van der Waals surface area contributed by atoms with E-state index in [1.54, 1.807) is 18.2 Å². The van der Waals surface area contributed by atoms with Gasteiger partial charge in [-0.05, 0) is 24.6 Å². The van der Waals surface area contributed by atoms with Crippen LogP contribution in [0.4, 0.5) is 0 Å². The summed E-state index contributed by atoms with van der Waals surface area (Å²) >= 11 is 5.92. The van der Waals surface area contributed by atoms with Crippen molar-refractivity contribution in [3.05, 3.63) is 57.5 Å². The van der Waals surface area contributed by atoms with Crippen molar-refractivity contribution >= 4 is 23.5 Å². The monoisotopic (exact) mass is 308 g/mol. The van der Waals surface area contributed by atoms with Crippen molar-refractivity contribution in [2.24, 2.45) is 5.73 Å². The molecular formula is C14H13ClN2O4. The van der Waals surface area contributed by atoms with Gasteiger partial charge in [-0.25, -0.2) is 9.59 Å². The van der Waals surface area contributed by atoms with Crippen LogP contribution in [0.1, 0.15) is 18.4 Å². The van der Waals surface area contributed by atoms with E-state index in [0.717, 1.165) is 0 Å². The van der Waals surface area contributed by atoms with Crippen LogP contribution in [0.15, 0.2) is 46.9 Å². The van der Waals surface area contributed by atoms with Crippen molar-refractivity contribution in [1.29, 1.82) is 0 Å². The molecule has 7 heteroatoms. The average Bonchev–Trinajstić information content (AvgIpc) is 2.36. The Balaban J connectivity index is 2.70. The lowest BCUT2D eigenvalue weighted by molar-refractivity contribution is -0.133. The first kappa shape index (κ1) is 14.9. The number of carboxylic acid groups (broad SMARTS) is 2. The van der Waals surface area contributed by atoms with E-state index < -0.39 is 17.9 Å². The number of dihydropyridines is 1. The second-order valence-electron chi connectivity index (χ2n) is 4.59. The van der Waals surface area contributed by atoms with Gasteiger partial charge in [-0.15, -0.1) is 0 Å². The van der Waals surface area contributed by atoms with Crippen LogP contribution in [-0.4, -0.2) is 22.2 Å². The van der Waals surface area contributed by atoms with Gasteiger partial charge in [-0.1, -0.05) is 23.7 Å². The van der Waals surface area contributed by atoms with E-state index in [4.69, 9.17) is 17.3 Å². The Bertz CT molecular complexity index is 658. The Kier molecular flexibility index (Phi) is 3.90. The second kappa shape index (κ2) is 5.49. The molecule has 6 nitrogen and oxygen atoms in total. The minimum absolute atomic E-state index is 0.0659. The second-order valence-corrected chi connectivity index (χ2v) is 5.03. The number of halogens is 1. The molecular weight excluding hydrogens is 296 g/mol. The van der Waals surface area contributed by atoms with Gasteiger partial charge in [0.05, 0.1) is 17.1 Å². The molecule has 110 valence electrons. The van der Waals surface area contributed by atoms with Crippen molar-refractivity contribution in [1.82, 2.24) is 5.32 Å². The fourth-order valence-electron chi connectivity index (χ4n) is 2.40. The third kappa shape index (κ3) is 2.71. The van der Waals surface area contributed by atoms with E-state index in [9.17, 15) is 19.8 Å². The average molecular weight is 309 g/mol. The van der Waals surface area contributed by atoms with Crippen LogP contribution in [0.3, 0.4) is 0 Å². The first-order valence-corrected chi connectivity index (χ1v) is 6.40. The molecule has 1 atom stereocenters. The van der Waals surface area contributed by atoms with Crippen LogP contribution >= 0.6 is 11.6 Å². The van der Waals surface area contributed by atoms with Crippen LogP contribution in [0.5, 0.6) is 0 Å². The first-order valence-electron chi connectivity index (χ1n) is 6.02. The van der Waals surface area contributed by atoms with Crippen LogP contribution in [0, 0.1) is 0 Å². The molecule has 0 bridgehead atoms. The highest BCUT2D eigenvalue weighted by Crippen LogP contribution is 2.37. The van der Waals surface area contributed by atoms with Gasteiger partial charge in [-0.2, -0.15) is 0 Å². The van der Waals surface area contributed by atoms with Crippen LogP contribution in [-0.2, 0) is 9.59 Å². The number of nitrogens with two attached hydrogens (primary N) is 1. The molecule has 1 aliphatic heterocycles. The summed E-state index contributed by atoms with van der Waals surface area (Å²) < 4.78 is 0. The minimum atomic E-state index is -1.28. The van der Waals surface area contributed by atoms with E-state index in [-0.39, 0.29) is 17.0 Å². The van der Waals surface area contributed by atoms with E-state index in [1.165, 1.54) is 13.0 Å². The number of aliphatic carboxylic acids is 2. The maximum absolute atomic E-state index is 11.5. The Labute approximate surface area is 125 Å². The zero-order chi connectivity index (χ0) is 15.7. The summed E-state index contributed by atoms with van der Waals surface area (Å²) in [5.41, 5.74) is 6.21. The quantitative estimate of drug-likeness (QED) is 0.675. The lowest BCUT2D eigenvalue weighted by Crippen LogP contribution is -2.35. The summed E-state index contributed by atoms with van der Waals surface area (Å²) in [6, 6.07) is 6.40. The van der Waals surface area contributed by atoms with Crippen LogP contribution in [0.25, 0.3) is 0 Å². The van der Waals surface area contributed by atoms with E-state index >= 15 is 0 Å². The Morgan fingerprint density at radius 3 is 2.38 bits per heavy atom. The Morgan fingerprint density at radius 1 is 1.24 bits per heavy atom. The van der Waals surface area contributed by atoms with E-state index in [1.807, 2.05) is 0 Å². The van der Waals surface area contributed by atoms with Gasteiger partial charge in [0.2, 0.25) is 0 Å². The van der Waals surface area contributed by atoms with Gasteiger partial charge in [0.1, 0.15) is 5.82 Å².